The van der Waals surface area contributed by atoms with Crippen LogP contribution in [0, 0.1) is 29.1 Å². The summed E-state index contributed by atoms with van der Waals surface area (Å²) in [6, 6.07) is 7.44. The van der Waals surface area contributed by atoms with Crippen molar-refractivity contribution in [2.24, 2.45) is 0 Å². The Morgan fingerprint density at radius 3 is 2.03 bits per heavy atom. The number of carbonyl (C=O) groups excluding carboxylic acids is 2. The zero-order valence-corrected chi connectivity index (χ0v) is 16.4. The van der Waals surface area contributed by atoms with E-state index in [1.807, 2.05) is 0 Å². The topological polar surface area (TPSA) is 75.6 Å². The van der Waals surface area contributed by atoms with Crippen LogP contribution in [0.5, 0.6) is 0 Å². The van der Waals surface area contributed by atoms with E-state index in [0.717, 1.165) is 0 Å². The first-order valence-corrected chi connectivity index (χ1v) is 9.04. The number of hydrogen-bond acceptors (Lipinski definition) is 5. The monoisotopic (exact) mass is 443 g/mol. The van der Waals surface area contributed by atoms with Gasteiger partial charge in [-0.25, -0.2) is 26.7 Å². The van der Waals surface area contributed by atoms with Crippen molar-refractivity contribution in [2.75, 3.05) is 6.61 Å². The molecule has 2 atom stereocenters. The van der Waals surface area contributed by atoms with Gasteiger partial charge in [0, 0.05) is 6.20 Å². The van der Waals surface area contributed by atoms with E-state index in [0.29, 0.717) is 11.8 Å². The summed E-state index contributed by atoms with van der Waals surface area (Å²) in [4.78, 5) is 24.7. The highest BCUT2D eigenvalue weighted by Crippen LogP contribution is 2.25. The molecule has 0 heterocycles. The highest BCUT2D eigenvalue weighted by atomic mass is 19.2. The van der Waals surface area contributed by atoms with E-state index in [9.17, 15) is 36.6 Å². The van der Waals surface area contributed by atoms with E-state index in [-0.39, 0.29) is 6.61 Å². The molecule has 31 heavy (non-hydrogen) atoms. The van der Waals surface area contributed by atoms with E-state index in [4.69, 9.17) is 0 Å². The van der Waals surface area contributed by atoms with Crippen molar-refractivity contribution in [2.45, 2.75) is 26.0 Å². The molecule has 0 radical (unpaired) electrons. The summed E-state index contributed by atoms with van der Waals surface area (Å²) in [7, 11) is 0. The molecule has 0 fully saturated rings. The number of aliphatic hydroxyl groups excluding tert-OH is 1. The van der Waals surface area contributed by atoms with Crippen LogP contribution in [0.15, 0.2) is 42.1 Å². The lowest BCUT2D eigenvalue weighted by Gasteiger charge is -2.20. The Bertz CT molecular complexity index is 982. The molecule has 0 aromatic heterocycles. The van der Waals surface area contributed by atoms with Gasteiger partial charge in [0.05, 0.1) is 18.8 Å². The lowest BCUT2D eigenvalue weighted by Crippen LogP contribution is -2.30. The summed E-state index contributed by atoms with van der Waals surface area (Å²) in [6.07, 6.45) is -0.417. The van der Waals surface area contributed by atoms with Gasteiger partial charge < -0.3 is 15.2 Å². The minimum absolute atomic E-state index is 0.233. The summed E-state index contributed by atoms with van der Waals surface area (Å²) < 4.78 is 72.9. The number of esters is 1. The third-order valence-electron chi connectivity index (χ3n) is 4.28. The number of Topliss-reactive ketones (excluding diaryl/α,β-unsaturated/α-hetero) is 1. The SMILES string of the molecule is CCOC(=O)C(=CN[C@@H](C)C(O)c1ccccc1)C(=O)c1c(F)c(F)c(F)c(F)c1F. The van der Waals surface area contributed by atoms with Gasteiger partial charge >= 0.3 is 5.97 Å². The Balaban J connectivity index is 2.43. The molecule has 0 aliphatic rings. The van der Waals surface area contributed by atoms with Crippen LogP contribution in [0.3, 0.4) is 0 Å². The van der Waals surface area contributed by atoms with Gasteiger partial charge in [-0.1, -0.05) is 30.3 Å². The van der Waals surface area contributed by atoms with E-state index < -0.39 is 64.1 Å². The number of ether oxygens (including phenoxy) is 1. The van der Waals surface area contributed by atoms with Crippen molar-refractivity contribution in [3.8, 4) is 0 Å². The second-order valence-electron chi connectivity index (χ2n) is 6.36. The Labute approximate surface area is 174 Å². The highest BCUT2D eigenvalue weighted by molar-refractivity contribution is 6.24. The Hall–Kier alpha value is -3.27. The molecule has 10 heteroatoms. The minimum Gasteiger partial charge on any atom is -0.462 e. The predicted octanol–water partition coefficient (Wildman–Crippen LogP) is 3.72. The molecule has 0 saturated heterocycles. The van der Waals surface area contributed by atoms with Gasteiger partial charge in [0.25, 0.3) is 0 Å². The standard InChI is InChI=1S/C21H18F5NO4/c1-3-31-21(30)12(9-27-10(2)19(28)11-7-5-4-6-8-11)20(29)13-14(22)16(24)18(26)17(25)15(13)23/h4-10,19,27-28H,3H2,1-2H3/t10-,19?/m0/s1. The molecule has 5 nitrogen and oxygen atoms in total. The normalized spacial score (nSPS) is 13.5. The fourth-order valence-electron chi connectivity index (χ4n) is 2.61. The van der Waals surface area contributed by atoms with Gasteiger partial charge in [-0.15, -0.1) is 0 Å². The Kier molecular flexibility index (Phi) is 7.87. The third kappa shape index (κ3) is 5.08. The molecule has 0 aliphatic carbocycles. The van der Waals surface area contributed by atoms with E-state index in [1.165, 1.54) is 13.8 Å². The summed E-state index contributed by atoms with van der Waals surface area (Å²) in [5.41, 5.74) is -2.33. The lowest BCUT2D eigenvalue weighted by molar-refractivity contribution is -0.138. The fourth-order valence-corrected chi connectivity index (χ4v) is 2.61. The predicted molar refractivity (Wildman–Crippen MR) is 99.3 cm³/mol. The molecule has 2 rings (SSSR count). The van der Waals surface area contributed by atoms with Gasteiger partial charge in [0.1, 0.15) is 11.1 Å². The maximum atomic E-state index is 14.0. The maximum Gasteiger partial charge on any atom is 0.343 e. The number of aliphatic hydroxyl groups is 1. The molecule has 2 aromatic carbocycles. The molecule has 0 spiro atoms. The second-order valence-corrected chi connectivity index (χ2v) is 6.36. The van der Waals surface area contributed by atoms with E-state index >= 15 is 0 Å². The summed E-state index contributed by atoms with van der Waals surface area (Å²) in [5.74, 6) is -15.0. The highest BCUT2D eigenvalue weighted by Gasteiger charge is 2.33. The van der Waals surface area contributed by atoms with Crippen LogP contribution in [0.25, 0.3) is 0 Å². The third-order valence-corrected chi connectivity index (χ3v) is 4.28. The second kappa shape index (κ2) is 10.2. The number of rotatable bonds is 8. The molecule has 0 amide bonds. The molecular formula is C21H18F5NO4. The average molecular weight is 443 g/mol. The van der Waals surface area contributed by atoms with Crippen LogP contribution in [-0.4, -0.2) is 29.5 Å². The van der Waals surface area contributed by atoms with Crippen LogP contribution in [0.2, 0.25) is 0 Å². The average Bonchev–Trinajstić information content (AvgIpc) is 2.76. The number of hydrogen-bond donors (Lipinski definition) is 2. The first-order chi connectivity index (χ1) is 14.6. The van der Waals surface area contributed by atoms with Gasteiger partial charge in [-0.3, -0.25) is 4.79 Å². The van der Waals surface area contributed by atoms with Gasteiger partial charge in [-0.2, -0.15) is 0 Å². The van der Waals surface area contributed by atoms with Gasteiger partial charge in [0.15, 0.2) is 23.3 Å². The molecule has 1 unspecified atom stereocenters. The number of benzene rings is 2. The van der Waals surface area contributed by atoms with Crippen molar-refractivity contribution >= 4 is 11.8 Å². The maximum absolute atomic E-state index is 14.0. The number of halogens is 5. The molecule has 2 aromatic rings. The largest absolute Gasteiger partial charge is 0.462 e. The summed E-state index contributed by atoms with van der Waals surface area (Å²) in [6.45, 7) is 2.62. The van der Waals surface area contributed by atoms with Crippen molar-refractivity contribution in [1.82, 2.24) is 5.32 Å². The van der Waals surface area contributed by atoms with Crippen molar-refractivity contribution < 1.29 is 41.4 Å². The lowest BCUT2D eigenvalue weighted by atomic mass is 10.0. The molecule has 2 N–H and O–H groups in total. The summed E-state index contributed by atoms with van der Waals surface area (Å²) >= 11 is 0. The molecular weight excluding hydrogens is 425 g/mol. The Morgan fingerprint density at radius 2 is 1.52 bits per heavy atom. The first-order valence-electron chi connectivity index (χ1n) is 9.04. The summed E-state index contributed by atoms with van der Waals surface area (Å²) in [5, 5.41) is 12.8. The molecule has 0 saturated carbocycles. The zero-order valence-electron chi connectivity index (χ0n) is 16.4. The molecule has 0 bridgehead atoms. The quantitative estimate of drug-likeness (QED) is 0.0951. The molecule has 0 aliphatic heterocycles. The fraction of sp³-hybridized carbons (Fsp3) is 0.238. The number of carbonyl (C=O) groups is 2. The Morgan fingerprint density at radius 1 is 1.00 bits per heavy atom. The van der Waals surface area contributed by atoms with Crippen LogP contribution < -0.4 is 5.32 Å². The first kappa shape index (κ1) is 24.0. The van der Waals surface area contributed by atoms with E-state index in [2.05, 4.69) is 10.1 Å². The van der Waals surface area contributed by atoms with Crippen molar-refractivity contribution in [3.63, 3.8) is 0 Å². The van der Waals surface area contributed by atoms with Gasteiger partial charge in [0.2, 0.25) is 11.6 Å². The van der Waals surface area contributed by atoms with Crippen LogP contribution >= 0.6 is 0 Å². The van der Waals surface area contributed by atoms with Gasteiger partial charge in [-0.05, 0) is 19.4 Å². The van der Waals surface area contributed by atoms with Crippen LogP contribution in [-0.2, 0) is 9.53 Å². The molecule has 166 valence electrons. The zero-order chi connectivity index (χ0) is 23.3. The minimum atomic E-state index is -2.44. The van der Waals surface area contributed by atoms with Crippen molar-refractivity contribution in [1.29, 1.82) is 0 Å². The number of nitrogens with one attached hydrogen (secondary N) is 1. The van der Waals surface area contributed by atoms with Crippen LogP contribution in [0.1, 0.15) is 35.9 Å². The van der Waals surface area contributed by atoms with Crippen LogP contribution in [0.4, 0.5) is 22.0 Å². The number of ketones is 1. The van der Waals surface area contributed by atoms with E-state index in [1.54, 1.807) is 30.3 Å². The van der Waals surface area contributed by atoms with Crippen molar-refractivity contribution in [3.05, 3.63) is 82.3 Å². The smallest absolute Gasteiger partial charge is 0.343 e.